The zero-order valence-electron chi connectivity index (χ0n) is 13.3. The van der Waals surface area contributed by atoms with Gasteiger partial charge in [0.05, 0.1) is 0 Å². The van der Waals surface area contributed by atoms with Crippen molar-refractivity contribution in [1.82, 2.24) is 0 Å². The minimum atomic E-state index is 0.901. The lowest BCUT2D eigenvalue weighted by molar-refractivity contribution is 0.209. The summed E-state index contributed by atoms with van der Waals surface area (Å²) in [7, 11) is 0. The molecule has 0 bridgehead atoms. The zero-order chi connectivity index (χ0) is 13.3. The van der Waals surface area contributed by atoms with Crippen LogP contribution in [-0.4, -0.2) is 0 Å². The summed E-state index contributed by atoms with van der Waals surface area (Å²) in [5.74, 6) is 6.95. The van der Waals surface area contributed by atoms with E-state index in [1.165, 1.54) is 38.5 Å². The van der Waals surface area contributed by atoms with Gasteiger partial charge in [0.25, 0.3) is 0 Å². The summed E-state index contributed by atoms with van der Waals surface area (Å²) in [4.78, 5) is 0. The van der Waals surface area contributed by atoms with Gasteiger partial charge in [0.15, 0.2) is 0 Å². The third kappa shape index (κ3) is 3.11. The first-order valence-electron chi connectivity index (χ1n) is 8.52. The Morgan fingerprint density at radius 3 is 2.11 bits per heavy atom. The SMILES string of the molecule is CC1CCCCCC(C(C)C2C(C)C2C(C)C)C1. The van der Waals surface area contributed by atoms with Crippen molar-refractivity contribution in [2.24, 2.45) is 41.4 Å². The van der Waals surface area contributed by atoms with Gasteiger partial charge in [0.1, 0.15) is 0 Å². The summed E-state index contributed by atoms with van der Waals surface area (Å²) >= 11 is 0. The van der Waals surface area contributed by atoms with E-state index in [4.69, 9.17) is 0 Å². The molecule has 0 saturated heterocycles. The van der Waals surface area contributed by atoms with Crippen molar-refractivity contribution in [3.63, 3.8) is 0 Å². The largest absolute Gasteiger partial charge is 0.0625 e. The molecule has 0 amide bonds. The second-order valence-corrected chi connectivity index (χ2v) is 7.86. The molecule has 0 heterocycles. The maximum atomic E-state index is 2.57. The van der Waals surface area contributed by atoms with Gasteiger partial charge in [-0.1, -0.05) is 66.7 Å². The van der Waals surface area contributed by atoms with Crippen molar-refractivity contribution in [3.8, 4) is 0 Å². The molecule has 18 heavy (non-hydrogen) atoms. The Bertz CT molecular complexity index is 255. The number of rotatable bonds is 3. The molecule has 6 unspecified atom stereocenters. The van der Waals surface area contributed by atoms with E-state index in [0.29, 0.717) is 0 Å². The van der Waals surface area contributed by atoms with Gasteiger partial charge in [-0.05, 0) is 47.8 Å². The molecular weight excluding hydrogens is 216 g/mol. The van der Waals surface area contributed by atoms with E-state index in [0.717, 1.165) is 41.4 Å². The van der Waals surface area contributed by atoms with Gasteiger partial charge < -0.3 is 0 Å². The average Bonchev–Trinajstić information content (AvgIpc) is 2.94. The first-order chi connectivity index (χ1) is 8.52. The average molecular weight is 250 g/mol. The van der Waals surface area contributed by atoms with Crippen molar-refractivity contribution < 1.29 is 0 Å². The first kappa shape index (κ1) is 14.4. The molecule has 2 aliphatic rings. The molecular formula is C18H34. The molecule has 0 heteroatoms. The summed E-state index contributed by atoms with van der Waals surface area (Å²) in [6.07, 6.45) is 8.97. The van der Waals surface area contributed by atoms with E-state index < -0.39 is 0 Å². The second kappa shape index (κ2) is 5.97. The molecule has 0 aromatic rings. The zero-order valence-corrected chi connectivity index (χ0v) is 13.3. The molecule has 0 aromatic carbocycles. The molecule has 2 fully saturated rings. The fraction of sp³-hybridized carbons (Fsp3) is 1.00. The molecule has 6 atom stereocenters. The highest BCUT2D eigenvalue weighted by atomic mass is 14.6. The van der Waals surface area contributed by atoms with E-state index in [2.05, 4.69) is 34.6 Å². The van der Waals surface area contributed by atoms with Crippen molar-refractivity contribution in [2.45, 2.75) is 73.1 Å². The van der Waals surface area contributed by atoms with Crippen molar-refractivity contribution >= 4 is 0 Å². The van der Waals surface area contributed by atoms with Crippen molar-refractivity contribution in [1.29, 1.82) is 0 Å². The van der Waals surface area contributed by atoms with Gasteiger partial charge in [-0.15, -0.1) is 0 Å². The van der Waals surface area contributed by atoms with Crippen LogP contribution in [0.15, 0.2) is 0 Å². The van der Waals surface area contributed by atoms with Crippen LogP contribution < -0.4 is 0 Å². The predicted molar refractivity (Wildman–Crippen MR) is 80.5 cm³/mol. The summed E-state index contributed by atoms with van der Waals surface area (Å²) in [6, 6.07) is 0. The summed E-state index contributed by atoms with van der Waals surface area (Å²) < 4.78 is 0. The van der Waals surface area contributed by atoms with E-state index >= 15 is 0 Å². The number of hydrogen-bond donors (Lipinski definition) is 0. The van der Waals surface area contributed by atoms with Gasteiger partial charge in [-0.3, -0.25) is 0 Å². The maximum absolute atomic E-state index is 2.57. The Labute approximate surface area is 115 Å². The van der Waals surface area contributed by atoms with Gasteiger partial charge in [0.2, 0.25) is 0 Å². The van der Waals surface area contributed by atoms with Gasteiger partial charge >= 0.3 is 0 Å². The van der Waals surface area contributed by atoms with Crippen LogP contribution in [0.3, 0.4) is 0 Å². The molecule has 106 valence electrons. The fourth-order valence-corrected chi connectivity index (χ4v) is 5.03. The molecule has 0 N–H and O–H groups in total. The quantitative estimate of drug-likeness (QED) is 0.596. The standard InChI is InChI=1S/C18H34/c1-12(2)17-15(5)18(17)14(4)16-10-8-6-7-9-13(3)11-16/h12-18H,6-11H2,1-5H3. The van der Waals surface area contributed by atoms with Gasteiger partial charge in [0, 0.05) is 0 Å². The third-order valence-electron chi connectivity index (χ3n) is 6.12. The number of hydrogen-bond acceptors (Lipinski definition) is 0. The Kier molecular flexibility index (Phi) is 4.78. The Hall–Kier alpha value is 0. The lowest BCUT2D eigenvalue weighted by Gasteiger charge is -2.30. The molecule has 0 aliphatic heterocycles. The highest BCUT2D eigenvalue weighted by molar-refractivity contribution is 4.99. The molecule has 2 rings (SSSR count). The third-order valence-corrected chi connectivity index (χ3v) is 6.12. The topological polar surface area (TPSA) is 0 Å². The minimum absolute atomic E-state index is 0.901. The molecule has 0 nitrogen and oxygen atoms in total. The highest BCUT2D eigenvalue weighted by Gasteiger charge is 2.52. The molecule has 2 saturated carbocycles. The van der Waals surface area contributed by atoms with Gasteiger partial charge in [-0.2, -0.15) is 0 Å². The summed E-state index contributed by atoms with van der Waals surface area (Å²) in [5, 5.41) is 0. The van der Waals surface area contributed by atoms with E-state index in [9.17, 15) is 0 Å². The molecule has 0 aromatic heterocycles. The van der Waals surface area contributed by atoms with Gasteiger partial charge in [-0.25, -0.2) is 0 Å². The normalized spacial score (nSPS) is 43.3. The molecule has 2 aliphatic carbocycles. The van der Waals surface area contributed by atoms with Crippen LogP contribution in [0.5, 0.6) is 0 Å². The van der Waals surface area contributed by atoms with Crippen LogP contribution in [0, 0.1) is 41.4 Å². The first-order valence-corrected chi connectivity index (χ1v) is 8.52. The van der Waals surface area contributed by atoms with Crippen LogP contribution in [0.25, 0.3) is 0 Å². The maximum Gasteiger partial charge on any atom is -0.0324 e. The predicted octanol–water partition coefficient (Wildman–Crippen LogP) is 5.77. The summed E-state index contributed by atoms with van der Waals surface area (Å²) in [6.45, 7) is 12.4. The summed E-state index contributed by atoms with van der Waals surface area (Å²) in [5.41, 5.74) is 0. The minimum Gasteiger partial charge on any atom is -0.0625 e. The van der Waals surface area contributed by atoms with Crippen LogP contribution in [0.2, 0.25) is 0 Å². The van der Waals surface area contributed by atoms with Crippen LogP contribution >= 0.6 is 0 Å². The monoisotopic (exact) mass is 250 g/mol. The smallest absolute Gasteiger partial charge is 0.0324 e. The Morgan fingerprint density at radius 1 is 0.833 bits per heavy atom. The van der Waals surface area contributed by atoms with Crippen LogP contribution in [0.4, 0.5) is 0 Å². The van der Waals surface area contributed by atoms with Crippen LogP contribution in [0.1, 0.15) is 73.1 Å². The van der Waals surface area contributed by atoms with Crippen LogP contribution in [-0.2, 0) is 0 Å². The lowest BCUT2D eigenvalue weighted by atomic mass is 9.76. The lowest BCUT2D eigenvalue weighted by Crippen LogP contribution is -2.20. The van der Waals surface area contributed by atoms with Crippen molar-refractivity contribution in [3.05, 3.63) is 0 Å². The Balaban J connectivity index is 1.93. The van der Waals surface area contributed by atoms with E-state index in [1.807, 2.05) is 0 Å². The molecule has 0 spiro atoms. The van der Waals surface area contributed by atoms with Crippen molar-refractivity contribution in [2.75, 3.05) is 0 Å². The molecule has 0 radical (unpaired) electrons. The fourth-order valence-electron chi connectivity index (χ4n) is 5.03. The Morgan fingerprint density at radius 2 is 1.50 bits per heavy atom. The highest BCUT2D eigenvalue weighted by Crippen LogP contribution is 2.57. The second-order valence-electron chi connectivity index (χ2n) is 7.86. The van der Waals surface area contributed by atoms with E-state index in [-0.39, 0.29) is 0 Å². The van der Waals surface area contributed by atoms with E-state index in [1.54, 1.807) is 0 Å².